The highest BCUT2D eigenvalue weighted by Gasteiger charge is 2.14. The maximum absolute atomic E-state index is 11.3. The van der Waals surface area contributed by atoms with Crippen molar-refractivity contribution < 1.29 is 9.59 Å². The molecule has 1 aliphatic rings. The molecular formula is C10H17NO2. The third-order valence-corrected chi connectivity index (χ3v) is 2.29. The predicted octanol–water partition coefficient (Wildman–Crippen LogP) is 1.02. The molecule has 1 saturated heterocycles. The van der Waals surface area contributed by atoms with Gasteiger partial charge in [0, 0.05) is 0 Å². The van der Waals surface area contributed by atoms with Gasteiger partial charge < -0.3 is 0 Å². The third-order valence-electron chi connectivity index (χ3n) is 2.29. The van der Waals surface area contributed by atoms with Crippen LogP contribution in [0.15, 0.2) is 0 Å². The monoisotopic (exact) mass is 183 g/mol. The minimum absolute atomic E-state index is 0.0259. The summed E-state index contributed by atoms with van der Waals surface area (Å²) in [4.78, 5) is 24.1. The van der Waals surface area contributed by atoms with Gasteiger partial charge in [-0.1, -0.05) is 6.42 Å². The van der Waals surface area contributed by atoms with Gasteiger partial charge in [-0.15, -0.1) is 0 Å². The Kier molecular flexibility index (Phi) is 4.09. The smallest absolute Gasteiger partial charge is 0.154 e. The van der Waals surface area contributed by atoms with Crippen LogP contribution < -0.4 is 0 Å². The zero-order chi connectivity index (χ0) is 9.68. The van der Waals surface area contributed by atoms with E-state index in [1.807, 2.05) is 0 Å². The number of hydrogen-bond acceptors (Lipinski definition) is 3. The molecule has 1 aliphatic heterocycles. The van der Waals surface area contributed by atoms with Crippen molar-refractivity contribution in [2.45, 2.75) is 32.6 Å². The summed E-state index contributed by atoms with van der Waals surface area (Å²) in [6.07, 6.45) is 3.76. The number of Topliss-reactive ketones (excluding diaryl/α,β-unsaturated/α-hetero) is 2. The first-order chi connectivity index (χ1) is 6.18. The summed E-state index contributed by atoms with van der Waals surface area (Å²) < 4.78 is 0. The van der Waals surface area contributed by atoms with Gasteiger partial charge in [0.05, 0.1) is 13.0 Å². The molecule has 0 radical (unpaired) electrons. The molecule has 0 N–H and O–H groups in total. The summed E-state index contributed by atoms with van der Waals surface area (Å²) in [5.74, 6) is 0.0383. The van der Waals surface area contributed by atoms with Crippen molar-refractivity contribution in [1.29, 1.82) is 0 Å². The first kappa shape index (κ1) is 10.4. The molecule has 13 heavy (non-hydrogen) atoms. The lowest BCUT2D eigenvalue weighted by atomic mass is 10.1. The maximum Gasteiger partial charge on any atom is 0.154 e. The molecule has 0 aliphatic carbocycles. The van der Waals surface area contributed by atoms with Crippen LogP contribution in [0.1, 0.15) is 32.6 Å². The Labute approximate surface area is 79.1 Å². The SMILES string of the molecule is CC(=O)CC(=O)CN1CCCCC1. The average Bonchev–Trinajstić information content (AvgIpc) is 2.04. The van der Waals surface area contributed by atoms with Crippen LogP contribution in [0.3, 0.4) is 0 Å². The van der Waals surface area contributed by atoms with Crippen LogP contribution in [0, 0.1) is 0 Å². The highest BCUT2D eigenvalue weighted by molar-refractivity contribution is 5.98. The van der Waals surface area contributed by atoms with Crippen LogP contribution in [0.4, 0.5) is 0 Å². The summed E-state index contributed by atoms with van der Waals surface area (Å²) in [7, 11) is 0. The van der Waals surface area contributed by atoms with Crippen molar-refractivity contribution in [1.82, 2.24) is 4.90 Å². The number of hydrogen-bond donors (Lipinski definition) is 0. The molecule has 1 fully saturated rings. The highest BCUT2D eigenvalue weighted by atomic mass is 16.1. The van der Waals surface area contributed by atoms with E-state index >= 15 is 0 Å². The normalized spacial score (nSPS) is 18.5. The molecule has 0 aromatic rings. The highest BCUT2D eigenvalue weighted by Crippen LogP contribution is 2.08. The number of piperidine rings is 1. The molecule has 0 atom stereocenters. The fourth-order valence-electron chi connectivity index (χ4n) is 1.70. The van der Waals surface area contributed by atoms with E-state index < -0.39 is 0 Å². The lowest BCUT2D eigenvalue weighted by molar-refractivity contribution is -0.126. The molecule has 0 spiro atoms. The molecule has 0 saturated carbocycles. The van der Waals surface area contributed by atoms with Crippen LogP contribution in [-0.2, 0) is 9.59 Å². The topological polar surface area (TPSA) is 37.4 Å². The van der Waals surface area contributed by atoms with Crippen molar-refractivity contribution in [2.24, 2.45) is 0 Å². The number of rotatable bonds is 4. The average molecular weight is 183 g/mol. The Morgan fingerprint density at radius 2 is 1.77 bits per heavy atom. The van der Waals surface area contributed by atoms with Crippen molar-refractivity contribution in [2.75, 3.05) is 19.6 Å². The molecule has 0 aromatic heterocycles. The minimum Gasteiger partial charge on any atom is -0.300 e. The Morgan fingerprint density at radius 3 is 2.31 bits per heavy atom. The molecular weight excluding hydrogens is 166 g/mol. The van der Waals surface area contributed by atoms with Gasteiger partial charge in [0.2, 0.25) is 0 Å². The van der Waals surface area contributed by atoms with Crippen molar-refractivity contribution in [3.63, 3.8) is 0 Å². The van der Waals surface area contributed by atoms with Gasteiger partial charge in [-0.2, -0.15) is 0 Å². The second-order valence-corrected chi connectivity index (χ2v) is 3.75. The summed E-state index contributed by atoms with van der Waals surface area (Å²) in [6.45, 7) is 3.97. The summed E-state index contributed by atoms with van der Waals surface area (Å²) in [6, 6.07) is 0. The number of carbonyl (C=O) groups is 2. The molecule has 1 heterocycles. The Bertz CT molecular complexity index is 195. The zero-order valence-corrected chi connectivity index (χ0v) is 8.21. The van der Waals surface area contributed by atoms with E-state index in [-0.39, 0.29) is 18.0 Å². The molecule has 1 rings (SSSR count). The quantitative estimate of drug-likeness (QED) is 0.611. The second-order valence-electron chi connectivity index (χ2n) is 3.75. The van der Waals surface area contributed by atoms with Crippen LogP contribution in [-0.4, -0.2) is 36.1 Å². The lowest BCUT2D eigenvalue weighted by Crippen LogP contribution is -2.34. The fourth-order valence-corrected chi connectivity index (χ4v) is 1.70. The third kappa shape index (κ3) is 4.18. The van der Waals surface area contributed by atoms with Crippen LogP contribution in [0.2, 0.25) is 0 Å². The molecule has 0 aromatic carbocycles. The van der Waals surface area contributed by atoms with E-state index in [0.29, 0.717) is 6.54 Å². The van der Waals surface area contributed by atoms with Gasteiger partial charge in [-0.3, -0.25) is 14.5 Å². The number of ketones is 2. The number of nitrogens with zero attached hydrogens (tertiary/aromatic N) is 1. The van der Waals surface area contributed by atoms with Crippen molar-refractivity contribution in [3.05, 3.63) is 0 Å². The summed E-state index contributed by atoms with van der Waals surface area (Å²) >= 11 is 0. The molecule has 0 unspecified atom stereocenters. The molecule has 0 amide bonds. The first-order valence-corrected chi connectivity index (χ1v) is 4.92. The van der Waals surface area contributed by atoms with Crippen LogP contribution in [0.25, 0.3) is 0 Å². The summed E-state index contributed by atoms with van der Waals surface area (Å²) in [5, 5.41) is 0. The molecule has 74 valence electrons. The number of likely N-dealkylation sites (tertiary alicyclic amines) is 1. The summed E-state index contributed by atoms with van der Waals surface area (Å²) in [5.41, 5.74) is 0. The van der Waals surface area contributed by atoms with Gasteiger partial charge in [0.15, 0.2) is 5.78 Å². The number of carbonyl (C=O) groups excluding carboxylic acids is 2. The minimum atomic E-state index is -0.0259. The van der Waals surface area contributed by atoms with E-state index in [4.69, 9.17) is 0 Å². The van der Waals surface area contributed by atoms with Crippen LogP contribution in [0.5, 0.6) is 0 Å². The van der Waals surface area contributed by atoms with E-state index in [1.54, 1.807) is 0 Å². The van der Waals surface area contributed by atoms with Gasteiger partial charge in [0.25, 0.3) is 0 Å². The lowest BCUT2D eigenvalue weighted by Gasteiger charge is -2.25. The van der Waals surface area contributed by atoms with Gasteiger partial charge >= 0.3 is 0 Å². The molecule has 0 bridgehead atoms. The second kappa shape index (κ2) is 5.12. The molecule has 3 heteroatoms. The van der Waals surface area contributed by atoms with Crippen molar-refractivity contribution in [3.8, 4) is 0 Å². The van der Waals surface area contributed by atoms with E-state index in [9.17, 15) is 9.59 Å². The van der Waals surface area contributed by atoms with Gasteiger partial charge in [-0.05, 0) is 32.9 Å². The predicted molar refractivity (Wildman–Crippen MR) is 50.6 cm³/mol. The fraction of sp³-hybridized carbons (Fsp3) is 0.800. The van der Waals surface area contributed by atoms with Crippen LogP contribution >= 0.6 is 0 Å². The Hall–Kier alpha value is -0.700. The van der Waals surface area contributed by atoms with E-state index in [2.05, 4.69) is 4.90 Å². The van der Waals surface area contributed by atoms with Gasteiger partial charge in [0.1, 0.15) is 5.78 Å². The molecule has 3 nitrogen and oxygen atoms in total. The zero-order valence-electron chi connectivity index (χ0n) is 8.21. The van der Waals surface area contributed by atoms with Crippen molar-refractivity contribution >= 4 is 11.6 Å². The Morgan fingerprint density at radius 1 is 1.15 bits per heavy atom. The first-order valence-electron chi connectivity index (χ1n) is 4.92. The largest absolute Gasteiger partial charge is 0.300 e. The maximum atomic E-state index is 11.3. The van der Waals surface area contributed by atoms with Gasteiger partial charge in [-0.25, -0.2) is 0 Å². The van der Waals surface area contributed by atoms with E-state index in [1.165, 1.54) is 26.2 Å². The van der Waals surface area contributed by atoms with E-state index in [0.717, 1.165) is 13.1 Å². The Balaban J connectivity index is 2.22. The standard InChI is InChI=1S/C10H17NO2/c1-9(12)7-10(13)8-11-5-3-2-4-6-11/h2-8H2,1H3.